The maximum absolute atomic E-state index is 5.75. The van der Waals surface area contributed by atoms with E-state index in [2.05, 4.69) is 27.4 Å². The van der Waals surface area contributed by atoms with Crippen LogP contribution in [0.4, 0.5) is 5.82 Å². The lowest BCUT2D eigenvalue weighted by Gasteiger charge is -2.05. The smallest absolute Gasteiger partial charge is 0.245 e. The number of hydrogen-bond acceptors (Lipinski definition) is 4. The van der Waals surface area contributed by atoms with Gasteiger partial charge in [-0.05, 0) is 18.0 Å². The molecular formula is C8H12Cl2N4. The van der Waals surface area contributed by atoms with E-state index in [1.165, 1.54) is 12.8 Å². The summed E-state index contributed by atoms with van der Waals surface area (Å²) < 4.78 is 0. The SMILES string of the molecule is CCCCCNc1nc(Cl)nnc1Cl. The minimum Gasteiger partial charge on any atom is -0.367 e. The van der Waals surface area contributed by atoms with Crippen molar-refractivity contribution in [2.45, 2.75) is 26.2 Å². The molecular weight excluding hydrogens is 223 g/mol. The second-order valence-electron chi connectivity index (χ2n) is 2.85. The molecule has 0 aromatic carbocycles. The van der Waals surface area contributed by atoms with E-state index in [-0.39, 0.29) is 10.4 Å². The van der Waals surface area contributed by atoms with Gasteiger partial charge in [-0.2, -0.15) is 4.98 Å². The molecule has 0 radical (unpaired) electrons. The quantitative estimate of drug-likeness (QED) is 0.797. The molecule has 0 spiro atoms. The minimum atomic E-state index is 0.104. The topological polar surface area (TPSA) is 50.7 Å². The summed E-state index contributed by atoms with van der Waals surface area (Å²) in [5.74, 6) is 0.503. The maximum Gasteiger partial charge on any atom is 0.245 e. The number of nitrogens with zero attached hydrogens (tertiary/aromatic N) is 3. The first-order valence-corrected chi connectivity index (χ1v) is 5.29. The van der Waals surface area contributed by atoms with Gasteiger partial charge in [-0.25, -0.2) is 0 Å². The van der Waals surface area contributed by atoms with Gasteiger partial charge in [0.15, 0.2) is 11.0 Å². The number of aromatic nitrogens is 3. The molecule has 0 saturated heterocycles. The number of anilines is 1. The molecule has 0 bridgehead atoms. The van der Waals surface area contributed by atoms with Crippen molar-refractivity contribution in [2.75, 3.05) is 11.9 Å². The van der Waals surface area contributed by atoms with Gasteiger partial charge < -0.3 is 5.32 Å². The molecule has 0 fully saturated rings. The molecule has 0 aliphatic rings. The van der Waals surface area contributed by atoms with E-state index in [1.807, 2.05) is 0 Å². The van der Waals surface area contributed by atoms with Crippen LogP contribution in [-0.2, 0) is 0 Å². The third-order valence-corrected chi connectivity index (χ3v) is 2.11. The Morgan fingerprint density at radius 2 is 2.00 bits per heavy atom. The van der Waals surface area contributed by atoms with Crippen LogP contribution in [0.25, 0.3) is 0 Å². The average molecular weight is 235 g/mol. The monoisotopic (exact) mass is 234 g/mol. The third-order valence-electron chi connectivity index (χ3n) is 1.69. The standard InChI is InChI=1S/C8H12Cl2N4/c1-2-3-4-5-11-7-6(9)13-14-8(10)12-7/h2-5H2,1H3,(H,11,12,14). The molecule has 1 rings (SSSR count). The maximum atomic E-state index is 5.75. The van der Waals surface area contributed by atoms with Crippen LogP contribution in [0.3, 0.4) is 0 Å². The lowest BCUT2D eigenvalue weighted by molar-refractivity contribution is 0.741. The van der Waals surface area contributed by atoms with Crippen LogP contribution in [0, 0.1) is 0 Å². The van der Waals surface area contributed by atoms with Crippen LogP contribution in [0.1, 0.15) is 26.2 Å². The van der Waals surface area contributed by atoms with Gasteiger partial charge in [0.1, 0.15) is 0 Å². The molecule has 0 saturated carbocycles. The summed E-state index contributed by atoms with van der Waals surface area (Å²) in [7, 11) is 0. The Morgan fingerprint density at radius 3 is 2.71 bits per heavy atom. The summed E-state index contributed by atoms with van der Waals surface area (Å²) in [6, 6.07) is 0. The van der Waals surface area contributed by atoms with E-state index < -0.39 is 0 Å². The van der Waals surface area contributed by atoms with Gasteiger partial charge in [0.2, 0.25) is 5.28 Å². The van der Waals surface area contributed by atoms with Crippen molar-refractivity contribution in [3.63, 3.8) is 0 Å². The average Bonchev–Trinajstić information content (AvgIpc) is 2.18. The second-order valence-corrected chi connectivity index (χ2v) is 3.55. The number of unbranched alkanes of at least 4 members (excludes halogenated alkanes) is 2. The fourth-order valence-electron chi connectivity index (χ4n) is 0.988. The van der Waals surface area contributed by atoms with E-state index in [0.717, 1.165) is 13.0 Å². The second kappa shape index (κ2) is 5.98. The molecule has 0 unspecified atom stereocenters. The lowest BCUT2D eigenvalue weighted by Crippen LogP contribution is -2.05. The molecule has 1 heterocycles. The van der Waals surface area contributed by atoms with Gasteiger partial charge in [0.05, 0.1) is 0 Å². The van der Waals surface area contributed by atoms with Crippen molar-refractivity contribution >= 4 is 29.0 Å². The van der Waals surface area contributed by atoms with Gasteiger partial charge in [0, 0.05) is 6.54 Å². The normalized spacial score (nSPS) is 10.2. The zero-order valence-corrected chi connectivity index (χ0v) is 9.44. The molecule has 0 amide bonds. The van der Waals surface area contributed by atoms with E-state index in [4.69, 9.17) is 23.2 Å². The summed E-state index contributed by atoms with van der Waals surface area (Å²) in [5, 5.41) is 10.6. The summed E-state index contributed by atoms with van der Waals surface area (Å²) in [4.78, 5) is 3.92. The Morgan fingerprint density at radius 1 is 1.21 bits per heavy atom. The predicted molar refractivity (Wildman–Crippen MR) is 57.9 cm³/mol. The first-order chi connectivity index (χ1) is 6.74. The van der Waals surface area contributed by atoms with Gasteiger partial charge in [0.25, 0.3) is 0 Å². The highest BCUT2D eigenvalue weighted by Crippen LogP contribution is 2.16. The summed E-state index contributed by atoms with van der Waals surface area (Å²) in [6.07, 6.45) is 3.43. The number of halogens is 2. The fourth-order valence-corrected chi connectivity index (χ4v) is 1.26. The summed E-state index contributed by atoms with van der Waals surface area (Å²) in [5.41, 5.74) is 0. The zero-order valence-electron chi connectivity index (χ0n) is 7.93. The van der Waals surface area contributed by atoms with E-state index in [9.17, 15) is 0 Å². The molecule has 0 atom stereocenters. The molecule has 1 aromatic heterocycles. The molecule has 6 heteroatoms. The molecule has 78 valence electrons. The summed E-state index contributed by atoms with van der Waals surface area (Å²) in [6.45, 7) is 2.97. The van der Waals surface area contributed by atoms with Crippen molar-refractivity contribution in [3.8, 4) is 0 Å². The van der Waals surface area contributed by atoms with Crippen molar-refractivity contribution in [2.24, 2.45) is 0 Å². The first kappa shape index (κ1) is 11.5. The van der Waals surface area contributed by atoms with Crippen molar-refractivity contribution < 1.29 is 0 Å². The van der Waals surface area contributed by atoms with Crippen LogP contribution in [0.15, 0.2) is 0 Å². The van der Waals surface area contributed by atoms with Gasteiger partial charge in [-0.3, -0.25) is 0 Å². The van der Waals surface area contributed by atoms with Crippen molar-refractivity contribution in [1.29, 1.82) is 0 Å². The van der Waals surface area contributed by atoms with Crippen molar-refractivity contribution in [3.05, 3.63) is 10.4 Å². The van der Waals surface area contributed by atoms with Crippen LogP contribution in [-0.4, -0.2) is 21.7 Å². The minimum absolute atomic E-state index is 0.104. The van der Waals surface area contributed by atoms with Crippen LogP contribution in [0.2, 0.25) is 10.4 Å². The third kappa shape index (κ3) is 3.64. The van der Waals surface area contributed by atoms with Gasteiger partial charge in [-0.1, -0.05) is 31.4 Å². The predicted octanol–water partition coefficient (Wildman–Crippen LogP) is 2.78. The highest BCUT2D eigenvalue weighted by molar-refractivity contribution is 6.32. The Balaban J connectivity index is 2.45. The fraction of sp³-hybridized carbons (Fsp3) is 0.625. The Hall–Kier alpha value is -0.610. The lowest BCUT2D eigenvalue weighted by atomic mass is 10.2. The van der Waals surface area contributed by atoms with E-state index in [0.29, 0.717) is 5.82 Å². The number of hydrogen-bond donors (Lipinski definition) is 1. The van der Waals surface area contributed by atoms with E-state index >= 15 is 0 Å². The highest BCUT2D eigenvalue weighted by atomic mass is 35.5. The Labute approximate surface area is 93.0 Å². The largest absolute Gasteiger partial charge is 0.367 e. The molecule has 1 N–H and O–H groups in total. The van der Waals surface area contributed by atoms with Gasteiger partial charge in [-0.15, -0.1) is 10.2 Å². The molecule has 14 heavy (non-hydrogen) atoms. The van der Waals surface area contributed by atoms with E-state index in [1.54, 1.807) is 0 Å². The highest BCUT2D eigenvalue weighted by Gasteiger charge is 2.04. The molecule has 0 aliphatic carbocycles. The van der Waals surface area contributed by atoms with Crippen LogP contribution < -0.4 is 5.32 Å². The van der Waals surface area contributed by atoms with Crippen molar-refractivity contribution in [1.82, 2.24) is 15.2 Å². The Bertz CT molecular complexity index is 293. The van der Waals surface area contributed by atoms with Gasteiger partial charge >= 0.3 is 0 Å². The number of rotatable bonds is 5. The summed E-state index contributed by atoms with van der Waals surface area (Å²) >= 11 is 11.3. The molecule has 1 aromatic rings. The molecule has 0 aliphatic heterocycles. The Kier molecular flexibility index (Phi) is 4.90. The zero-order chi connectivity index (χ0) is 10.4. The van der Waals surface area contributed by atoms with Crippen LogP contribution >= 0.6 is 23.2 Å². The molecule has 4 nitrogen and oxygen atoms in total. The van der Waals surface area contributed by atoms with Crippen LogP contribution in [0.5, 0.6) is 0 Å². The number of nitrogens with one attached hydrogen (secondary N) is 1. The first-order valence-electron chi connectivity index (χ1n) is 4.53.